The second-order valence-electron chi connectivity index (χ2n) is 5.39. The number of nitrogens with zero attached hydrogens (tertiary/aromatic N) is 4. The zero-order valence-corrected chi connectivity index (χ0v) is 13.2. The van der Waals surface area contributed by atoms with Gasteiger partial charge in [-0.25, -0.2) is 19.9 Å². The third-order valence-corrected chi connectivity index (χ3v) is 3.25. The van der Waals surface area contributed by atoms with E-state index in [1.807, 2.05) is 25.1 Å². The van der Waals surface area contributed by atoms with Crippen molar-refractivity contribution in [1.82, 2.24) is 15.0 Å². The molecule has 0 N–H and O–H groups in total. The SMILES string of the molecule is Cc1cccc(N=Cc2ncncn2)c1O[Si](C)(C)C. The van der Waals surface area contributed by atoms with Gasteiger partial charge < -0.3 is 4.43 Å². The van der Waals surface area contributed by atoms with Gasteiger partial charge in [0.05, 0.1) is 6.21 Å². The van der Waals surface area contributed by atoms with E-state index in [4.69, 9.17) is 4.43 Å². The number of hydrogen-bond donors (Lipinski definition) is 0. The minimum absolute atomic E-state index is 0.528. The number of aromatic nitrogens is 3. The van der Waals surface area contributed by atoms with Crippen LogP contribution >= 0.6 is 0 Å². The van der Waals surface area contributed by atoms with Gasteiger partial charge in [-0.3, -0.25) is 0 Å². The van der Waals surface area contributed by atoms with Crippen LogP contribution in [0.15, 0.2) is 35.8 Å². The van der Waals surface area contributed by atoms with Gasteiger partial charge in [-0.1, -0.05) is 12.1 Å². The highest BCUT2D eigenvalue weighted by Gasteiger charge is 2.19. The molecule has 1 heterocycles. The van der Waals surface area contributed by atoms with Crippen LogP contribution < -0.4 is 4.43 Å². The predicted molar refractivity (Wildman–Crippen MR) is 82.2 cm³/mol. The standard InChI is InChI=1S/C14H18N4OSi/c1-11-6-5-7-12(14(11)19-20(2,3)4)16-8-13-17-9-15-10-18-13/h5-10H,1-4H3. The Kier molecular flexibility index (Phi) is 4.24. The molecule has 0 spiro atoms. The highest BCUT2D eigenvalue weighted by Crippen LogP contribution is 2.32. The van der Waals surface area contributed by atoms with Crippen LogP contribution in [-0.2, 0) is 0 Å². The van der Waals surface area contributed by atoms with Crippen molar-refractivity contribution in [3.63, 3.8) is 0 Å². The third-order valence-electron chi connectivity index (χ3n) is 2.43. The van der Waals surface area contributed by atoms with Crippen LogP contribution in [-0.4, -0.2) is 29.5 Å². The van der Waals surface area contributed by atoms with E-state index in [2.05, 4.69) is 39.6 Å². The van der Waals surface area contributed by atoms with Gasteiger partial charge >= 0.3 is 0 Å². The average Bonchev–Trinajstić information content (AvgIpc) is 2.39. The molecule has 20 heavy (non-hydrogen) atoms. The molecule has 0 amide bonds. The Hall–Kier alpha value is -2.08. The Morgan fingerprint density at radius 2 is 1.85 bits per heavy atom. The maximum absolute atomic E-state index is 6.12. The molecule has 0 unspecified atom stereocenters. The maximum atomic E-state index is 6.12. The van der Waals surface area contributed by atoms with Gasteiger partial charge in [0.1, 0.15) is 24.1 Å². The molecular formula is C14H18N4OSi. The summed E-state index contributed by atoms with van der Waals surface area (Å²) >= 11 is 0. The zero-order chi connectivity index (χ0) is 14.6. The van der Waals surface area contributed by atoms with Gasteiger partial charge in [-0.05, 0) is 38.2 Å². The summed E-state index contributed by atoms with van der Waals surface area (Å²) in [7, 11) is -1.68. The molecule has 0 saturated carbocycles. The Labute approximate surface area is 119 Å². The molecule has 0 radical (unpaired) electrons. The Morgan fingerprint density at radius 3 is 2.50 bits per heavy atom. The van der Waals surface area contributed by atoms with Crippen LogP contribution in [0.4, 0.5) is 5.69 Å². The summed E-state index contributed by atoms with van der Waals surface area (Å²) in [5.41, 5.74) is 1.88. The first kappa shape index (κ1) is 14.3. The van der Waals surface area contributed by atoms with E-state index in [0.29, 0.717) is 5.82 Å². The minimum Gasteiger partial charge on any atom is -0.543 e. The van der Waals surface area contributed by atoms with Crippen molar-refractivity contribution in [3.8, 4) is 5.75 Å². The summed E-state index contributed by atoms with van der Waals surface area (Å²) in [6.07, 6.45) is 4.52. The molecule has 1 aromatic heterocycles. The quantitative estimate of drug-likeness (QED) is 0.640. The van der Waals surface area contributed by atoms with Crippen molar-refractivity contribution < 1.29 is 4.43 Å². The van der Waals surface area contributed by atoms with Gasteiger partial charge in [0, 0.05) is 0 Å². The smallest absolute Gasteiger partial charge is 0.242 e. The number of rotatable bonds is 4. The topological polar surface area (TPSA) is 60.3 Å². The lowest BCUT2D eigenvalue weighted by Crippen LogP contribution is -2.29. The third kappa shape index (κ3) is 3.96. The fourth-order valence-corrected chi connectivity index (χ4v) is 2.50. The zero-order valence-electron chi connectivity index (χ0n) is 12.2. The highest BCUT2D eigenvalue weighted by atomic mass is 28.4. The molecular weight excluding hydrogens is 268 g/mol. The molecule has 2 rings (SSSR count). The number of aryl methyl sites for hydroxylation is 1. The minimum atomic E-state index is -1.68. The van der Waals surface area contributed by atoms with Crippen LogP contribution in [0.25, 0.3) is 0 Å². The van der Waals surface area contributed by atoms with E-state index in [9.17, 15) is 0 Å². The van der Waals surface area contributed by atoms with E-state index in [0.717, 1.165) is 17.0 Å². The van der Waals surface area contributed by atoms with Crippen molar-refractivity contribution in [1.29, 1.82) is 0 Å². The van der Waals surface area contributed by atoms with Crippen LogP contribution in [0.3, 0.4) is 0 Å². The first-order valence-corrected chi connectivity index (χ1v) is 9.81. The van der Waals surface area contributed by atoms with Gasteiger partial charge in [0.2, 0.25) is 8.32 Å². The first-order valence-electron chi connectivity index (χ1n) is 6.40. The molecule has 0 fully saturated rings. The molecule has 0 aliphatic carbocycles. The lowest BCUT2D eigenvalue weighted by atomic mass is 10.2. The molecule has 5 nitrogen and oxygen atoms in total. The molecule has 104 valence electrons. The highest BCUT2D eigenvalue weighted by molar-refractivity contribution is 6.70. The number of aliphatic imine (C=N–C) groups is 1. The molecule has 2 aromatic rings. The van der Waals surface area contributed by atoms with E-state index in [1.165, 1.54) is 12.7 Å². The molecule has 0 bridgehead atoms. The molecule has 0 aliphatic heterocycles. The van der Waals surface area contributed by atoms with E-state index < -0.39 is 8.32 Å². The van der Waals surface area contributed by atoms with E-state index >= 15 is 0 Å². The van der Waals surface area contributed by atoms with Crippen LogP contribution in [0, 0.1) is 6.92 Å². The number of hydrogen-bond acceptors (Lipinski definition) is 5. The largest absolute Gasteiger partial charge is 0.543 e. The van der Waals surface area contributed by atoms with E-state index in [-0.39, 0.29) is 0 Å². The second-order valence-corrected chi connectivity index (χ2v) is 9.82. The van der Waals surface area contributed by atoms with Crippen LogP contribution in [0.2, 0.25) is 19.6 Å². The van der Waals surface area contributed by atoms with Crippen molar-refractivity contribution in [2.24, 2.45) is 4.99 Å². The molecule has 0 aliphatic rings. The summed E-state index contributed by atoms with van der Waals surface area (Å²) in [6, 6.07) is 5.92. The summed E-state index contributed by atoms with van der Waals surface area (Å²) in [6.45, 7) is 8.48. The molecule has 0 atom stereocenters. The maximum Gasteiger partial charge on any atom is 0.242 e. The fourth-order valence-electron chi connectivity index (χ4n) is 1.62. The van der Waals surface area contributed by atoms with Crippen LogP contribution in [0.5, 0.6) is 5.75 Å². The summed E-state index contributed by atoms with van der Waals surface area (Å²) < 4.78 is 6.12. The van der Waals surface area contributed by atoms with Crippen molar-refractivity contribution in [2.75, 3.05) is 0 Å². The summed E-state index contributed by atoms with van der Waals surface area (Å²) in [4.78, 5) is 16.3. The van der Waals surface area contributed by atoms with Crippen molar-refractivity contribution in [2.45, 2.75) is 26.6 Å². The Morgan fingerprint density at radius 1 is 1.15 bits per heavy atom. The molecule has 0 saturated heterocycles. The van der Waals surface area contributed by atoms with Crippen LogP contribution in [0.1, 0.15) is 11.4 Å². The Balaban J connectivity index is 2.32. The van der Waals surface area contributed by atoms with Gasteiger partial charge in [0.25, 0.3) is 0 Å². The van der Waals surface area contributed by atoms with Crippen molar-refractivity contribution >= 4 is 20.2 Å². The molecule has 6 heteroatoms. The molecule has 1 aromatic carbocycles. The predicted octanol–water partition coefficient (Wildman–Crippen LogP) is 3.14. The number of para-hydroxylation sites is 1. The number of benzene rings is 1. The summed E-state index contributed by atoms with van der Waals surface area (Å²) in [5, 5.41) is 0. The van der Waals surface area contributed by atoms with E-state index in [1.54, 1.807) is 6.21 Å². The first-order chi connectivity index (χ1) is 9.46. The summed E-state index contributed by atoms with van der Waals surface area (Å²) in [5.74, 6) is 1.37. The fraction of sp³-hybridized carbons (Fsp3) is 0.286. The lowest BCUT2D eigenvalue weighted by molar-refractivity contribution is 0.554. The monoisotopic (exact) mass is 286 g/mol. The van der Waals surface area contributed by atoms with Crippen molar-refractivity contribution in [3.05, 3.63) is 42.2 Å². The lowest BCUT2D eigenvalue weighted by Gasteiger charge is -2.22. The normalized spacial score (nSPS) is 11.8. The second kappa shape index (κ2) is 5.92. The van der Waals surface area contributed by atoms with Gasteiger partial charge in [0.15, 0.2) is 5.82 Å². The van der Waals surface area contributed by atoms with Gasteiger partial charge in [-0.2, -0.15) is 0 Å². The average molecular weight is 286 g/mol. The van der Waals surface area contributed by atoms with Gasteiger partial charge in [-0.15, -0.1) is 0 Å². The Bertz CT molecular complexity index is 608.